The minimum atomic E-state index is -0.701. The Kier molecular flexibility index (Phi) is 3.74. The van der Waals surface area contributed by atoms with Gasteiger partial charge in [0.15, 0.2) is 6.04 Å². The second-order valence-electron chi connectivity index (χ2n) is 4.55. The van der Waals surface area contributed by atoms with Gasteiger partial charge in [-0.3, -0.25) is 4.90 Å². The minimum Gasteiger partial charge on any atom is -0.467 e. The standard InChI is InChI=1S/C14H17NO4/c1-9(11-7-5-4-6-8-11)15-12(13(16)18-3)10(2)19-14(15)17/h4-10,12H,1-3H3. The fraction of sp³-hybridized carbons (Fsp3) is 0.429. The number of methoxy groups -OCH3 is 1. The summed E-state index contributed by atoms with van der Waals surface area (Å²) in [6, 6.07) is 8.56. The van der Waals surface area contributed by atoms with E-state index in [2.05, 4.69) is 0 Å². The highest BCUT2D eigenvalue weighted by Gasteiger charge is 2.47. The molecule has 1 fully saturated rings. The smallest absolute Gasteiger partial charge is 0.411 e. The number of cyclic esters (lactones) is 1. The maximum absolute atomic E-state index is 11.9. The topological polar surface area (TPSA) is 55.8 Å². The number of hydrogen-bond acceptors (Lipinski definition) is 4. The van der Waals surface area contributed by atoms with E-state index in [9.17, 15) is 9.59 Å². The molecule has 3 atom stereocenters. The summed E-state index contributed by atoms with van der Waals surface area (Å²) in [6.45, 7) is 3.56. The monoisotopic (exact) mass is 263 g/mol. The van der Waals surface area contributed by atoms with Crippen LogP contribution in [0.25, 0.3) is 0 Å². The lowest BCUT2D eigenvalue weighted by molar-refractivity contribution is -0.146. The number of benzene rings is 1. The first-order chi connectivity index (χ1) is 9.06. The van der Waals surface area contributed by atoms with Gasteiger partial charge in [0.2, 0.25) is 0 Å². The third-order valence-electron chi connectivity index (χ3n) is 3.38. The van der Waals surface area contributed by atoms with Crippen LogP contribution in [-0.4, -0.2) is 36.2 Å². The first kappa shape index (κ1) is 13.4. The SMILES string of the molecule is COC(=O)C1C(C)OC(=O)N1C(C)c1ccccc1. The molecule has 1 aromatic carbocycles. The summed E-state index contributed by atoms with van der Waals surface area (Å²) in [7, 11) is 1.31. The van der Waals surface area contributed by atoms with Gasteiger partial charge in [0.1, 0.15) is 6.10 Å². The number of carbonyl (C=O) groups is 2. The molecule has 3 unspecified atom stereocenters. The Balaban J connectivity index is 2.30. The molecule has 0 saturated carbocycles. The Hall–Kier alpha value is -2.04. The number of esters is 1. The van der Waals surface area contributed by atoms with E-state index >= 15 is 0 Å². The molecule has 2 rings (SSSR count). The van der Waals surface area contributed by atoms with Crippen LogP contribution < -0.4 is 0 Å². The Morgan fingerprint density at radius 1 is 1.37 bits per heavy atom. The van der Waals surface area contributed by atoms with E-state index in [4.69, 9.17) is 9.47 Å². The molecular weight excluding hydrogens is 246 g/mol. The zero-order chi connectivity index (χ0) is 14.0. The summed E-state index contributed by atoms with van der Waals surface area (Å²) < 4.78 is 9.89. The molecular formula is C14H17NO4. The molecule has 1 heterocycles. The van der Waals surface area contributed by atoms with Crippen molar-refractivity contribution in [2.24, 2.45) is 0 Å². The van der Waals surface area contributed by atoms with E-state index in [1.54, 1.807) is 6.92 Å². The third kappa shape index (κ3) is 2.41. The highest BCUT2D eigenvalue weighted by Crippen LogP contribution is 2.30. The molecule has 0 aromatic heterocycles. The van der Waals surface area contributed by atoms with Gasteiger partial charge in [0, 0.05) is 0 Å². The Morgan fingerprint density at radius 3 is 2.58 bits per heavy atom. The van der Waals surface area contributed by atoms with E-state index in [-0.39, 0.29) is 6.04 Å². The van der Waals surface area contributed by atoms with Gasteiger partial charge in [-0.1, -0.05) is 30.3 Å². The van der Waals surface area contributed by atoms with Crippen molar-refractivity contribution >= 4 is 12.1 Å². The lowest BCUT2D eigenvalue weighted by Crippen LogP contribution is -2.44. The third-order valence-corrected chi connectivity index (χ3v) is 3.38. The molecule has 0 spiro atoms. The number of nitrogens with zero attached hydrogens (tertiary/aromatic N) is 1. The van der Waals surface area contributed by atoms with Crippen LogP contribution in [0.1, 0.15) is 25.5 Å². The molecule has 0 bridgehead atoms. The van der Waals surface area contributed by atoms with Crippen LogP contribution in [0.5, 0.6) is 0 Å². The fourth-order valence-electron chi connectivity index (χ4n) is 2.34. The average molecular weight is 263 g/mol. The van der Waals surface area contributed by atoms with E-state index in [0.717, 1.165) is 5.56 Å². The summed E-state index contributed by atoms with van der Waals surface area (Å²) in [4.78, 5) is 25.2. The lowest BCUT2D eigenvalue weighted by Gasteiger charge is -2.27. The largest absolute Gasteiger partial charge is 0.467 e. The van der Waals surface area contributed by atoms with Crippen molar-refractivity contribution < 1.29 is 19.1 Å². The average Bonchev–Trinajstić information content (AvgIpc) is 2.72. The van der Waals surface area contributed by atoms with Crippen molar-refractivity contribution in [2.75, 3.05) is 7.11 Å². The second kappa shape index (κ2) is 5.30. The number of ether oxygens (including phenoxy) is 2. The Bertz CT molecular complexity index is 474. The molecule has 1 saturated heterocycles. The molecule has 1 amide bonds. The zero-order valence-electron chi connectivity index (χ0n) is 11.2. The molecule has 5 nitrogen and oxygen atoms in total. The zero-order valence-corrected chi connectivity index (χ0v) is 11.2. The number of carbonyl (C=O) groups excluding carboxylic acids is 2. The van der Waals surface area contributed by atoms with Crippen LogP contribution in [0.3, 0.4) is 0 Å². The van der Waals surface area contributed by atoms with Crippen molar-refractivity contribution in [3.8, 4) is 0 Å². The van der Waals surface area contributed by atoms with E-state index < -0.39 is 24.2 Å². The van der Waals surface area contributed by atoms with Gasteiger partial charge in [-0.25, -0.2) is 9.59 Å². The molecule has 0 radical (unpaired) electrons. The van der Waals surface area contributed by atoms with E-state index in [1.807, 2.05) is 37.3 Å². The number of hydrogen-bond donors (Lipinski definition) is 0. The minimum absolute atomic E-state index is 0.247. The van der Waals surface area contributed by atoms with Crippen molar-refractivity contribution in [2.45, 2.75) is 32.0 Å². The highest BCUT2D eigenvalue weighted by atomic mass is 16.6. The van der Waals surface area contributed by atoms with Crippen LogP contribution in [-0.2, 0) is 14.3 Å². The van der Waals surface area contributed by atoms with Crippen molar-refractivity contribution in [3.63, 3.8) is 0 Å². The summed E-state index contributed by atoms with van der Waals surface area (Å²) in [5.41, 5.74) is 0.947. The number of amides is 1. The lowest BCUT2D eigenvalue weighted by atomic mass is 10.0. The number of rotatable bonds is 3. The van der Waals surface area contributed by atoms with E-state index in [1.165, 1.54) is 12.0 Å². The molecule has 0 aliphatic carbocycles. The van der Waals surface area contributed by atoms with Gasteiger partial charge in [-0.05, 0) is 19.4 Å². The van der Waals surface area contributed by atoms with Crippen LogP contribution in [0, 0.1) is 0 Å². The van der Waals surface area contributed by atoms with Gasteiger partial charge < -0.3 is 9.47 Å². The van der Waals surface area contributed by atoms with Crippen LogP contribution in [0.4, 0.5) is 4.79 Å². The molecule has 1 aliphatic rings. The van der Waals surface area contributed by atoms with Crippen LogP contribution in [0.15, 0.2) is 30.3 Å². The fourth-order valence-corrected chi connectivity index (χ4v) is 2.34. The summed E-state index contributed by atoms with van der Waals surface area (Å²) in [6.07, 6.45) is -0.995. The highest BCUT2D eigenvalue weighted by molar-refractivity contribution is 5.85. The van der Waals surface area contributed by atoms with Gasteiger partial charge in [-0.2, -0.15) is 0 Å². The van der Waals surface area contributed by atoms with Crippen LogP contribution >= 0.6 is 0 Å². The second-order valence-corrected chi connectivity index (χ2v) is 4.55. The maximum Gasteiger partial charge on any atom is 0.411 e. The van der Waals surface area contributed by atoms with Crippen LogP contribution in [0.2, 0.25) is 0 Å². The van der Waals surface area contributed by atoms with Gasteiger partial charge >= 0.3 is 12.1 Å². The molecule has 1 aromatic rings. The molecule has 19 heavy (non-hydrogen) atoms. The predicted octanol–water partition coefficient (Wildman–Crippen LogP) is 2.13. The van der Waals surface area contributed by atoms with Gasteiger partial charge in [-0.15, -0.1) is 0 Å². The molecule has 1 aliphatic heterocycles. The van der Waals surface area contributed by atoms with Crippen molar-refractivity contribution in [3.05, 3.63) is 35.9 Å². The first-order valence-corrected chi connectivity index (χ1v) is 6.18. The van der Waals surface area contributed by atoms with Gasteiger partial charge in [0.05, 0.1) is 13.2 Å². The summed E-state index contributed by atoms with van der Waals surface area (Å²) in [5.74, 6) is -0.457. The molecule has 0 N–H and O–H groups in total. The normalized spacial score (nSPS) is 23.9. The van der Waals surface area contributed by atoms with Crippen molar-refractivity contribution in [1.29, 1.82) is 0 Å². The van der Waals surface area contributed by atoms with E-state index in [0.29, 0.717) is 0 Å². The quantitative estimate of drug-likeness (QED) is 0.784. The van der Waals surface area contributed by atoms with Gasteiger partial charge in [0.25, 0.3) is 0 Å². The summed E-state index contributed by atoms with van der Waals surface area (Å²) in [5, 5.41) is 0. The van der Waals surface area contributed by atoms with Crippen molar-refractivity contribution in [1.82, 2.24) is 4.90 Å². The Labute approximate surface area is 112 Å². The summed E-state index contributed by atoms with van der Waals surface area (Å²) >= 11 is 0. The first-order valence-electron chi connectivity index (χ1n) is 6.18. The molecule has 102 valence electrons. The Morgan fingerprint density at radius 2 is 2.00 bits per heavy atom. The molecule has 5 heteroatoms. The maximum atomic E-state index is 11.9. The predicted molar refractivity (Wildman–Crippen MR) is 68.4 cm³/mol.